The van der Waals surface area contributed by atoms with Gasteiger partial charge in [-0.1, -0.05) is 12.1 Å². The normalized spacial score (nSPS) is 29.7. The predicted molar refractivity (Wildman–Crippen MR) is 78.2 cm³/mol. The van der Waals surface area contributed by atoms with Crippen molar-refractivity contribution in [3.05, 3.63) is 17.5 Å². The first-order valence-electron chi connectivity index (χ1n) is 8.28. The highest BCUT2D eigenvalue weighted by Gasteiger charge is 2.41. The Kier molecular flexibility index (Phi) is 3.25. The first kappa shape index (κ1) is 13.3. The summed E-state index contributed by atoms with van der Waals surface area (Å²) < 4.78 is 5.36. The Morgan fingerprint density at radius 3 is 2.86 bits per heavy atom. The summed E-state index contributed by atoms with van der Waals surface area (Å²) in [6.45, 7) is 5.38. The number of carbonyl (C=O) groups is 1. The number of fused-ring (bicyclic) bond motifs is 2. The highest BCUT2D eigenvalue weighted by atomic mass is 16.5. The molecule has 3 heterocycles. The highest BCUT2D eigenvalue weighted by Crippen LogP contribution is 2.40. The van der Waals surface area contributed by atoms with E-state index in [-0.39, 0.29) is 5.91 Å². The number of hydrogen-bond acceptors (Lipinski definition) is 4. The molecular formula is C16H23N3O2. The predicted octanol–water partition coefficient (Wildman–Crippen LogP) is 2.25. The van der Waals surface area contributed by atoms with Gasteiger partial charge in [0.1, 0.15) is 5.76 Å². The van der Waals surface area contributed by atoms with Crippen molar-refractivity contribution in [2.24, 2.45) is 0 Å². The van der Waals surface area contributed by atoms with E-state index < -0.39 is 0 Å². The standard InChI is InChI=1S/C16H23N3O2/c1-2-18-8-7-12-5-6-13(10-18)19(12)16(20)14-9-15(21-17-14)11-3-4-11/h9,11-13H,2-8,10H2,1H3/t12-,13+/m1/s1. The molecule has 0 aromatic carbocycles. The molecule has 0 unspecified atom stereocenters. The minimum atomic E-state index is 0.0797. The van der Waals surface area contributed by atoms with Crippen molar-refractivity contribution in [3.8, 4) is 0 Å². The molecule has 3 aliphatic rings. The van der Waals surface area contributed by atoms with E-state index in [1.54, 1.807) is 0 Å². The number of amides is 1. The quantitative estimate of drug-likeness (QED) is 0.856. The lowest BCUT2D eigenvalue weighted by Crippen LogP contribution is -2.43. The Hall–Kier alpha value is -1.36. The molecule has 1 aromatic heterocycles. The van der Waals surface area contributed by atoms with Gasteiger partial charge in [0.05, 0.1) is 0 Å². The van der Waals surface area contributed by atoms with Crippen molar-refractivity contribution in [1.29, 1.82) is 0 Å². The van der Waals surface area contributed by atoms with Gasteiger partial charge < -0.3 is 14.3 Å². The van der Waals surface area contributed by atoms with E-state index in [0.717, 1.165) is 44.7 Å². The number of nitrogens with zero attached hydrogens (tertiary/aromatic N) is 3. The molecular weight excluding hydrogens is 266 g/mol. The van der Waals surface area contributed by atoms with E-state index in [2.05, 4.69) is 21.9 Å². The van der Waals surface area contributed by atoms with E-state index >= 15 is 0 Å². The maximum absolute atomic E-state index is 12.8. The lowest BCUT2D eigenvalue weighted by atomic mass is 10.1. The summed E-state index contributed by atoms with van der Waals surface area (Å²) in [6, 6.07) is 2.62. The lowest BCUT2D eigenvalue weighted by Gasteiger charge is -2.27. The van der Waals surface area contributed by atoms with Crippen LogP contribution in [0.1, 0.15) is 61.2 Å². The van der Waals surface area contributed by atoms with E-state index in [9.17, 15) is 4.79 Å². The topological polar surface area (TPSA) is 49.6 Å². The second kappa shape index (κ2) is 5.13. The Morgan fingerprint density at radius 1 is 1.29 bits per heavy atom. The molecule has 2 atom stereocenters. The molecule has 2 aliphatic heterocycles. The van der Waals surface area contributed by atoms with Crippen LogP contribution in [0.4, 0.5) is 0 Å². The number of likely N-dealkylation sites (tertiary alicyclic amines) is 1. The zero-order valence-corrected chi connectivity index (χ0v) is 12.6. The van der Waals surface area contributed by atoms with Gasteiger partial charge in [0.25, 0.3) is 5.91 Å². The average Bonchev–Trinajstić information content (AvgIpc) is 3.12. The Labute approximate surface area is 125 Å². The van der Waals surface area contributed by atoms with Crippen molar-refractivity contribution in [3.63, 3.8) is 0 Å². The molecule has 2 saturated heterocycles. The number of carbonyl (C=O) groups excluding carboxylic acids is 1. The Bertz CT molecular complexity index is 537. The summed E-state index contributed by atoms with van der Waals surface area (Å²) >= 11 is 0. The van der Waals surface area contributed by atoms with E-state index in [1.807, 2.05) is 6.07 Å². The van der Waals surface area contributed by atoms with Gasteiger partial charge in [-0.05, 0) is 38.6 Å². The van der Waals surface area contributed by atoms with Crippen molar-refractivity contribution in [2.45, 2.75) is 57.0 Å². The van der Waals surface area contributed by atoms with Crippen LogP contribution in [0.2, 0.25) is 0 Å². The Morgan fingerprint density at radius 2 is 2.10 bits per heavy atom. The molecule has 1 amide bonds. The van der Waals surface area contributed by atoms with E-state index in [4.69, 9.17) is 4.52 Å². The molecule has 2 bridgehead atoms. The zero-order chi connectivity index (χ0) is 14.4. The molecule has 3 fully saturated rings. The van der Waals surface area contributed by atoms with Crippen LogP contribution in [0.5, 0.6) is 0 Å². The Balaban J connectivity index is 1.54. The minimum Gasteiger partial charge on any atom is -0.360 e. The van der Waals surface area contributed by atoms with Crippen LogP contribution in [0.25, 0.3) is 0 Å². The number of aromatic nitrogens is 1. The summed E-state index contributed by atoms with van der Waals surface area (Å²) in [5, 5.41) is 4.04. The number of rotatable bonds is 3. The lowest BCUT2D eigenvalue weighted by molar-refractivity contribution is 0.0660. The molecule has 0 radical (unpaired) electrons. The van der Waals surface area contributed by atoms with E-state index in [1.165, 1.54) is 12.8 Å². The third-order valence-electron chi connectivity index (χ3n) is 5.28. The SMILES string of the molecule is CCN1CC[C@H]2CC[C@@H](C1)N2C(=O)c1cc(C2CC2)on1. The van der Waals surface area contributed by atoms with Gasteiger partial charge >= 0.3 is 0 Å². The second-order valence-electron chi connectivity index (χ2n) is 6.67. The van der Waals surface area contributed by atoms with Crippen molar-refractivity contribution in [1.82, 2.24) is 15.0 Å². The van der Waals surface area contributed by atoms with Gasteiger partial charge in [0.15, 0.2) is 5.69 Å². The molecule has 1 aromatic rings. The van der Waals surface area contributed by atoms with Crippen LogP contribution in [0.15, 0.2) is 10.6 Å². The molecule has 5 nitrogen and oxygen atoms in total. The fourth-order valence-electron chi connectivity index (χ4n) is 3.85. The molecule has 21 heavy (non-hydrogen) atoms. The average molecular weight is 289 g/mol. The van der Waals surface area contributed by atoms with Gasteiger partial charge in [-0.3, -0.25) is 4.79 Å². The minimum absolute atomic E-state index is 0.0797. The van der Waals surface area contributed by atoms with E-state index in [0.29, 0.717) is 23.7 Å². The zero-order valence-electron chi connectivity index (χ0n) is 12.6. The summed E-state index contributed by atoms with van der Waals surface area (Å²) in [7, 11) is 0. The van der Waals surface area contributed by atoms with Crippen LogP contribution in [-0.4, -0.2) is 52.6 Å². The maximum Gasteiger partial charge on any atom is 0.276 e. The molecule has 0 spiro atoms. The smallest absolute Gasteiger partial charge is 0.276 e. The summed E-state index contributed by atoms with van der Waals surface area (Å²) in [5.41, 5.74) is 0.513. The van der Waals surface area contributed by atoms with Gasteiger partial charge in [-0.2, -0.15) is 0 Å². The number of hydrogen-bond donors (Lipinski definition) is 0. The van der Waals surface area contributed by atoms with Crippen LogP contribution in [-0.2, 0) is 0 Å². The molecule has 1 saturated carbocycles. The van der Waals surface area contributed by atoms with Gasteiger partial charge in [-0.15, -0.1) is 0 Å². The van der Waals surface area contributed by atoms with Gasteiger partial charge in [-0.25, -0.2) is 0 Å². The van der Waals surface area contributed by atoms with Crippen LogP contribution >= 0.6 is 0 Å². The second-order valence-corrected chi connectivity index (χ2v) is 6.67. The van der Waals surface area contributed by atoms with Gasteiger partial charge in [0, 0.05) is 37.2 Å². The van der Waals surface area contributed by atoms with Gasteiger partial charge in [0.2, 0.25) is 0 Å². The number of likely N-dealkylation sites (N-methyl/N-ethyl adjacent to an activating group) is 1. The fraction of sp³-hybridized carbons (Fsp3) is 0.750. The molecule has 5 heteroatoms. The monoisotopic (exact) mass is 289 g/mol. The molecule has 0 N–H and O–H groups in total. The first-order chi connectivity index (χ1) is 10.3. The van der Waals surface area contributed by atoms with Crippen molar-refractivity contribution < 1.29 is 9.32 Å². The van der Waals surface area contributed by atoms with Crippen LogP contribution in [0.3, 0.4) is 0 Å². The fourth-order valence-corrected chi connectivity index (χ4v) is 3.85. The highest BCUT2D eigenvalue weighted by molar-refractivity contribution is 5.93. The summed E-state index contributed by atoms with van der Waals surface area (Å²) in [6.07, 6.45) is 5.69. The van der Waals surface area contributed by atoms with Crippen molar-refractivity contribution in [2.75, 3.05) is 19.6 Å². The third-order valence-corrected chi connectivity index (χ3v) is 5.28. The molecule has 114 valence electrons. The summed E-state index contributed by atoms with van der Waals surface area (Å²) in [5.74, 6) is 1.49. The van der Waals surface area contributed by atoms with Crippen LogP contribution < -0.4 is 0 Å². The molecule has 1 aliphatic carbocycles. The molecule has 4 rings (SSSR count). The maximum atomic E-state index is 12.8. The largest absolute Gasteiger partial charge is 0.360 e. The first-order valence-corrected chi connectivity index (χ1v) is 8.28. The summed E-state index contributed by atoms with van der Waals surface area (Å²) in [4.78, 5) is 17.4. The van der Waals surface area contributed by atoms with Crippen LogP contribution in [0, 0.1) is 0 Å². The van der Waals surface area contributed by atoms with Crippen molar-refractivity contribution >= 4 is 5.91 Å². The third kappa shape index (κ3) is 2.37.